The number of carbonyl (C=O) groups excluding carboxylic acids is 1. The molecule has 2 atom stereocenters. The van der Waals surface area contributed by atoms with Gasteiger partial charge in [0.2, 0.25) is 5.91 Å². The summed E-state index contributed by atoms with van der Waals surface area (Å²) in [5.41, 5.74) is 0. The average Bonchev–Trinajstić information content (AvgIpc) is 2.03. The molecule has 1 N–H and O–H groups in total. The Hall–Kier alpha value is -0.570. The van der Waals surface area contributed by atoms with Crippen LogP contribution in [0.4, 0.5) is 0 Å². The zero-order valence-corrected chi connectivity index (χ0v) is 8.66. The van der Waals surface area contributed by atoms with Gasteiger partial charge in [-0.2, -0.15) is 0 Å². The highest BCUT2D eigenvalue weighted by Crippen LogP contribution is 2.23. The van der Waals surface area contributed by atoms with Gasteiger partial charge < -0.3 is 10.0 Å². The normalized spacial score (nSPS) is 29.5. The Morgan fingerprint density at radius 1 is 1.46 bits per heavy atom. The van der Waals surface area contributed by atoms with Gasteiger partial charge >= 0.3 is 0 Å². The smallest absolute Gasteiger partial charge is 0.219 e. The number of rotatable bonds is 1. The SMILES string of the molecule is CC(=O)N1C[C@H](O)C[C@@H](C(C)C)C1. The van der Waals surface area contributed by atoms with Gasteiger partial charge in [0.1, 0.15) is 0 Å². The van der Waals surface area contributed by atoms with Crippen molar-refractivity contribution in [3.05, 3.63) is 0 Å². The van der Waals surface area contributed by atoms with Crippen molar-refractivity contribution in [3.63, 3.8) is 0 Å². The summed E-state index contributed by atoms with van der Waals surface area (Å²) in [6, 6.07) is 0. The summed E-state index contributed by atoms with van der Waals surface area (Å²) in [7, 11) is 0. The Morgan fingerprint density at radius 2 is 2.08 bits per heavy atom. The number of nitrogens with zero attached hydrogens (tertiary/aromatic N) is 1. The van der Waals surface area contributed by atoms with E-state index in [2.05, 4.69) is 13.8 Å². The summed E-state index contributed by atoms with van der Waals surface area (Å²) in [4.78, 5) is 12.9. The van der Waals surface area contributed by atoms with Crippen molar-refractivity contribution in [2.24, 2.45) is 11.8 Å². The Morgan fingerprint density at radius 3 is 2.54 bits per heavy atom. The van der Waals surface area contributed by atoms with Crippen LogP contribution >= 0.6 is 0 Å². The molecule has 1 saturated heterocycles. The van der Waals surface area contributed by atoms with Crippen LogP contribution in [-0.2, 0) is 4.79 Å². The lowest BCUT2D eigenvalue weighted by molar-refractivity contribution is -0.133. The van der Waals surface area contributed by atoms with Gasteiger partial charge in [0.05, 0.1) is 6.10 Å². The number of aliphatic hydroxyl groups is 1. The van der Waals surface area contributed by atoms with Crippen LogP contribution in [0.25, 0.3) is 0 Å². The van der Waals surface area contributed by atoms with Crippen LogP contribution < -0.4 is 0 Å². The first-order chi connectivity index (χ1) is 6.00. The molecule has 0 aromatic carbocycles. The molecule has 0 spiro atoms. The van der Waals surface area contributed by atoms with E-state index in [0.717, 1.165) is 13.0 Å². The summed E-state index contributed by atoms with van der Waals surface area (Å²) >= 11 is 0. The van der Waals surface area contributed by atoms with E-state index >= 15 is 0 Å². The zero-order chi connectivity index (χ0) is 10.0. The van der Waals surface area contributed by atoms with Crippen molar-refractivity contribution in [2.75, 3.05) is 13.1 Å². The van der Waals surface area contributed by atoms with E-state index in [1.807, 2.05) is 0 Å². The molecule has 0 radical (unpaired) electrons. The monoisotopic (exact) mass is 185 g/mol. The number of carbonyl (C=O) groups is 1. The van der Waals surface area contributed by atoms with Crippen molar-refractivity contribution < 1.29 is 9.90 Å². The molecule has 0 saturated carbocycles. The molecule has 1 heterocycles. The third-order valence-electron chi connectivity index (χ3n) is 2.85. The summed E-state index contributed by atoms with van der Waals surface area (Å²) in [6.45, 7) is 7.17. The second kappa shape index (κ2) is 4.09. The molecule has 3 heteroatoms. The van der Waals surface area contributed by atoms with Gasteiger partial charge in [-0.25, -0.2) is 0 Å². The maximum Gasteiger partial charge on any atom is 0.219 e. The first-order valence-corrected chi connectivity index (χ1v) is 4.94. The minimum Gasteiger partial charge on any atom is -0.391 e. The number of hydrogen-bond acceptors (Lipinski definition) is 2. The zero-order valence-electron chi connectivity index (χ0n) is 8.66. The predicted molar refractivity (Wildman–Crippen MR) is 51.2 cm³/mol. The molecule has 3 nitrogen and oxygen atoms in total. The van der Waals surface area contributed by atoms with Gasteiger partial charge in [-0.05, 0) is 18.3 Å². The Labute approximate surface area is 79.7 Å². The highest BCUT2D eigenvalue weighted by Gasteiger charge is 2.28. The summed E-state index contributed by atoms with van der Waals surface area (Å²) in [6.07, 6.45) is 0.506. The number of piperidine rings is 1. The van der Waals surface area contributed by atoms with Crippen molar-refractivity contribution in [2.45, 2.75) is 33.3 Å². The molecule has 0 aliphatic carbocycles. The minimum atomic E-state index is -0.329. The van der Waals surface area contributed by atoms with E-state index in [-0.39, 0.29) is 12.0 Å². The highest BCUT2D eigenvalue weighted by molar-refractivity contribution is 5.73. The molecule has 13 heavy (non-hydrogen) atoms. The van der Waals surface area contributed by atoms with E-state index in [1.54, 1.807) is 11.8 Å². The van der Waals surface area contributed by atoms with Crippen molar-refractivity contribution >= 4 is 5.91 Å². The topological polar surface area (TPSA) is 40.5 Å². The Balaban J connectivity index is 2.57. The predicted octanol–water partition coefficient (Wildman–Crippen LogP) is 0.872. The molecule has 0 unspecified atom stereocenters. The van der Waals surface area contributed by atoms with Crippen LogP contribution in [0.1, 0.15) is 27.2 Å². The summed E-state index contributed by atoms with van der Waals surface area (Å²) < 4.78 is 0. The minimum absolute atomic E-state index is 0.0735. The first-order valence-electron chi connectivity index (χ1n) is 4.94. The number of aliphatic hydroxyl groups excluding tert-OH is 1. The lowest BCUT2D eigenvalue weighted by atomic mass is 9.86. The van der Waals surface area contributed by atoms with Crippen molar-refractivity contribution in [1.29, 1.82) is 0 Å². The number of likely N-dealkylation sites (tertiary alicyclic amines) is 1. The van der Waals surface area contributed by atoms with Gasteiger partial charge in [0.25, 0.3) is 0 Å². The molecule has 1 aliphatic heterocycles. The van der Waals surface area contributed by atoms with Crippen LogP contribution in [-0.4, -0.2) is 35.1 Å². The van der Waals surface area contributed by atoms with Crippen molar-refractivity contribution in [3.8, 4) is 0 Å². The maximum absolute atomic E-state index is 11.1. The number of hydrogen-bond donors (Lipinski definition) is 1. The Bertz CT molecular complexity index is 191. The van der Waals surface area contributed by atoms with E-state index < -0.39 is 0 Å². The lowest BCUT2D eigenvalue weighted by Gasteiger charge is -2.37. The fourth-order valence-electron chi connectivity index (χ4n) is 1.85. The molecule has 1 fully saturated rings. The molecule has 1 rings (SSSR count). The van der Waals surface area contributed by atoms with Crippen molar-refractivity contribution in [1.82, 2.24) is 4.90 Å². The molecule has 76 valence electrons. The molecule has 0 aromatic heterocycles. The fourth-order valence-corrected chi connectivity index (χ4v) is 1.85. The molecule has 1 aliphatic rings. The summed E-state index contributed by atoms with van der Waals surface area (Å²) in [5, 5.41) is 9.55. The van der Waals surface area contributed by atoms with Crippen LogP contribution in [0.3, 0.4) is 0 Å². The maximum atomic E-state index is 11.1. The van der Waals surface area contributed by atoms with E-state index in [0.29, 0.717) is 18.4 Å². The van der Waals surface area contributed by atoms with Gasteiger partial charge in [-0.3, -0.25) is 4.79 Å². The standard InChI is InChI=1S/C10H19NO2/c1-7(2)9-4-10(13)6-11(5-9)8(3)12/h7,9-10,13H,4-6H2,1-3H3/t9-,10-/m1/s1. The third-order valence-corrected chi connectivity index (χ3v) is 2.85. The molecular formula is C10H19NO2. The average molecular weight is 185 g/mol. The van der Waals surface area contributed by atoms with Gasteiger partial charge in [-0.15, -0.1) is 0 Å². The summed E-state index contributed by atoms with van der Waals surface area (Å²) in [5.74, 6) is 1.06. The second-order valence-electron chi connectivity index (χ2n) is 4.32. The highest BCUT2D eigenvalue weighted by atomic mass is 16.3. The Kier molecular flexibility index (Phi) is 3.31. The quantitative estimate of drug-likeness (QED) is 0.658. The van der Waals surface area contributed by atoms with Crippen LogP contribution in [0.15, 0.2) is 0 Å². The van der Waals surface area contributed by atoms with E-state index in [4.69, 9.17) is 0 Å². The molecule has 0 aromatic rings. The molecular weight excluding hydrogens is 166 g/mol. The largest absolute Gasteiger partial charge is 0.391 e. The molecule has 0 bridgehead atoms. The first kappa shape index (κ1) is 10.5. The van der Waals surface area contributed by atoms with Crippen LogP contribution in [0.5, 0.6) is 0 Å². The van der Waals surface area contributed by atoms with Gasteiger partial charge in [-0.1, -0.05) is 13.8 Å². The lowest BCUT2D eigenvalue weighted by Crippen LogP contribution is -2.46. The van der Waals surface area contributed by atoms with Gasteiger partial charge in [0.15, 0.2) is 0 Å². The number of β-amino-alcohol motifs (C(OH)–C–C–N with tert-alkyl or cyclic N) is 1. The molecule has 1 amide bonds. The van der Waals surface area contributed by atoms with E-state index in [1.165, 1.54) is 0 Å². The van der Waals surface area contributed by atoms with Crippen LogP contribution in [0.2, 0.25) is 0 Å². The van der Waals surface area contributed by atoms with E-state index in [9.17, 15) is 9.90 Å². The van der Waals surface area contributed by atoms with Gasteiger partial charge in [0, 0.05) is 20.0 Å². The fraction of sp³-hybridized carbons (Fsp3) is 0.900. The second-order valence-corrected chi connectivity index (χ2v) is 4.32. The van der Waals surface area contributed by atoms with Crippen LogP contribution in [0, 0.1) is 11.8 Å². The number of amides is 1. The third kappa shape index (κ3) is 2.69.